The van der Waals surface area contributed by atoms with Gasteiger partial charge in [-0.15, -0.1) is 0 Å². The van der Waals surface area contributed by atoms with Crippen LogP contribution in [-0.4, -0.2) is 89.2 Å². The fraction of sp³-hybridized carbons (Fsp3) is 0.364. The lowest BCUT2D eigenvalue weighted by atomic mass is 10.1. The number of aromatic nitrogens is 3. The normalized spacial score (nSPS) is 16.9. The molecule has 0 aliphatic carbocycles. The van der Waals surface area contributed by atoms with Gasteiger partial charge in [0.15, 0.2) is 0 Å². The van der Waals surface area contributed by atoms with Gasteiger partial charge in [0, 0.05) is 44.8 Å². The van der Waals surface area contributed by atoms with Crippen LogP contribution in [0.25, 0.3) is 11.0 Å². The Bertz CT molecular complexity index is 1100. The Labute approximate surface area is 185 Å². The summed E-state index contributed by atoms with van der Waals surface area (Å²) < 4.78 is 5.37. The summed E-state index contributed by atoms with van der Waals surface area (Å²) >= 11 is 0. The Morgan fingerprint density at radius 3 is 2.47 bits per heavy atom. The molecule has 0 atom stereocenters. The summed E-state index contributed by atoms with van der Waals surface area (Å²) in [6.45, 7) is 4.96. The van der Waals surface area contributed by atoms with E-state index in [2.05, 4.69) is 25.2 Å². The van der Waals surface area contributed by atoms with E-state index in [-0.39, 0.29) is 11.9 Å². The van der Waals surface area contributed by atoms with E-state index in [1.54, 1.807) is 28.4 Å². The maximum Gasteiger partial charge on any atom is 0.322 e. The average molecular weight is 435 g/mol. The summed E-state index contributed by atoms with van der Waals surface area (Å²) in [4.78, 5) is 42.8. The number of hydrogen-bond acceptors (Lipinski definition) is 6. The molecule has 5 rings (SSSR count). The number of urea groups is 1. The number of morpholine rings is 1. The lowest BCUT2D eigenvalue weighted by Gasteiger charge is -2.34. The van der Waals surface area contributed by atoms with Gasteiger partial charge in [0.1, 0.15) is 5.82 Å². The van der Waals surface area contributed by atoms with Crippen LogP contribution in [0.2, 0.25) is 0 Å². The number of fused-ring (bicyclic) bond motifs is 1. The van der Waals surface area contributed by atoms with Crippen molar-refractivity contribution in [1.82, 2.24) is 24.8 Å². The number of aromatic amines is 1. The van der Waals surface area contributed by atoms with E-state index in [1.807, 2.05) is 24.3 Å². The second-order valence-electron chi connectivity index (χ2n) is 7.85. The third kappa shape index (κ3) is 4.22. The van der Waals surface area contributed by atoms with Crippen LogP contribution in [0.3, 0.4) is 0 Å². The number of benzene rings is 1. The molecule has 1 aromatic carbocycles. The molecule has 2 aromatic heterocycles. The Morgan fingerprint density at radius 1 is 0.938 bits per heavy atom. The molecule has 3 aromatic rings. The number of carbonyl (C=O) groups excluding carboxylic acids is 2. The molecule has 2 aliphatic heterocycles. The third-order valence-corrected chi connectivity index (χ3v) is 5.86. The molecule has 4 heterocycles. The molecule has 10 heteroatoms. The van der Waals surface area contributed by atoms with Crippen molar-refractivity contribution in [3.8, 4) is 0 Å². The van der Waals surface area contributed by atoms with Gasteiger partial charge in [0.25, 0.3) is 5.91 Å². The van der Waals surface area contributed by atoms with Crippen molar-refractivity contribution in [2.75, 3.05) is 62.7 Å². The van der Waals surface area contributed by atoms with Gasteiger partial charge in [0.2, 0.25) is 0 Å². The molecule has 3 amide bonds. The molecule has 2 saturated heterocycles. The SMILES string of the molecule is O=C(Nc1ccc(N2CCOCC2)nc1)N1CCN(C(=O)c2ccc3nc[nH]c3c2)CC1. The number of ether oxygens (including phenoxy) is 1. The highest BCUT2D eigenvalue weighted by Crippen LogP contribution is 2.17. The van der Waals surface area contributed by atoms with Crippen LogP contribution in [0.15, 0.2) is 42.9 Å². The van der Waals surface area contributed by atoms with Crippen LogP contribution in [0.4, 0.5) is 16.3 Å². The lowest BCUT2D eigenvalue weighted by Crippen LogP contribution is -2.51. The first-order chi connectivity index (χ1) is 15.7. The highest BCUT2D eigenvalue weighted by atomic mass is 16.5. The maximum atomic E-state index is 12.8. The molecule has 10 nitrogen and oxygen atoms in total. The largest absolute Gasteiger partial charge is 0.378 e. The molecule has 2 fully saturated rings. The summed E-state index contributed by atoms with van der Waals surface area (Å²) in [6.07, 6.45) is 3.29. The second kappa shape index (κ2) is 8.83. The van der Waals surface area contributed by atoms with E-state index in [9.17, 15) is 9.59 Å². The van der Waals surface area contributed by atoms with Gasteiger partial charge in [-0.3, -0.25) is 4.79 Å². The van der Waals surface area contributed by atoms with E-state index in [0.717, 1.165) is 29.9 Å². The predicted octanol–water partition coefficient (Wildman–Crippen LogP) is 1.78. The number of hydrogen-bond donors (Lipinski definition) is 2. The van der Waals surface area contributed by atoms with E-state index >= 15 is 0 Å². The number of nitrogens with zero attached hydrogens (tertiary/aromatic N) is 5. The monoisotopic (exact) mass is 435 g/mol. The van der Waals surface area contributed by atoms with E-state index < -0.39 is 0 Å². The number of H-pyrrole nitrogens is 1. The van der Waals surface area contributed by atoms with Gasteiger partial charge in [0.05, 0.1) is 42.5 Å². The zero-order valence-electron chi connectivity index (χ0n) is 17.7. The number of imidazole rings is 1. The molecule has 0 spiro atoms. The van der Waals surface area contributed by atoms with Crippen molar-refractivity contribution in [1.29, 1.82) is 0 Å². The topological polar surface area (TPSA) is 107 Å². The van der Waals surface area contributed by atoms with Crippen molar-refractivity contribution in [3.63, 3.8) is 0 Å². The smallest absolute Gasteiger partial charge is 0.322 e. The minimum atomic E-state index is -0.183. The average Bonchev–Trinajstić information content (AvgIpc) is 3.33. The van der Waals surface area contributed by atoms with Crippen molar-refractivity contribution in [2.45, 2.75) is 0 Å². The first-order valence-electron chi connectivity index (χ1n) is 10.7. The Morgan fingerprint density at radius 2 is 1.72 bits per heavy atom. The Balaban J connectivity index is 1.14. The molecule has 166 valence electrons. The second-order valence-corrected chi connectivity index (χ2v) is 7.85. The fourth-order valence-electron chi connectivity index (χ4n) is 4.01. The minimum Gasteiger partial charge on any atom is -0.378 e. The highest BCUT2D eigenvalue weighted by Gasteiger charge is 2.25. The molecular weight excluding hydrogens is 410 g/mol. The lowest BCUT2D eigenvalue weighted by molar-refractivity contribution is 0.0672. The van der Waals surface area contributed by atoms with Gasteiger partial charge < -0.3 is 29.7 Å². The number of anilines is 2. The van der Waals surface area contributed by atoms with Gasteiger partial charge in [-0.1, -0.05) is 0 Å². The van der Waals surface area contributed by atoms with Gasteiger partial charge in [-0.2, -0.15) is 0 Å². The first-order valence-corrected chi connectivity index (χ1v) is 10.7. The minimum absolute atomic E-state index is 0.0375. The first kappa shape index (κ1) is 20.3. The van der Waals surface area contributed by atoms with E-state index in [4.69, 9.17) is 4.74 Å². The van der Waals surface area contributed by atoms with Gasteiger partial charge in [-0.25, -0.2) is 14.8 Å². The van der Waals surface area contributed by atoms with Gasteiger partial charge in [-0.05, 0) is 30.3 Å². The summed E-state index contributed by atoms with van der Waals surface area (Å²) in [5, 5.41) is 2.90. The summed E-state index contributed by atoms with van der Waals surface area (Å²) in [5.41, 5.74) is 2.93. The molecule has 0 radical (unpaired) electrons. The molecular formula is C22H25N7O3. The number of pyridine rings is 1. The van der Waals surface area contributed by atoms with Crippen LogP contribution in [0.1, 0.15) is 10.4 Å². The maximum absolute atomic E-state index is 12.8. The summed E-state index contributed by atoms with van der Waals surface area (Å²) in [5.74, 6) is 0.844. The summed E-state index contributed by atoms with van der Waals surface area (Å²) in [7, 11) is 0. The molecule has 32 heavy (non-hydrogen) atoms. The van der Waals surface area contributed by atoms with Crippen molar-refractivity contribution >= 4 is 34.5 Å². The summed E-state index contributed by atoms with van der Waals surface area (Å²) in [6, 6.07) is 9.03. The predicted molar refractivity (Wildman–Crippen MR) is 120 cm³/mol. The van der Waals surface area contributed by atoms with Crippen molar-refractivity contribution < 1.29 is 14.3 Å². The van der Waals surface area contributed by atoms with Crippen molar-refractivity contribution in [3.05, 3.63) is 48.4 Å². The number of carbonyl (C=O) groups is 2. The number of rotatable bonds is 3. The Hall–Kier alpha value is -3.66. The van der Waals surface area contributed by atoms with E-state index in [0.29, 0.717) is 50.6 Å². The zero-order valence-corrected chi connectivity index (χ0v) is 17.7. The molecule has 2 aliphatic rings. The van der Waals surface area contributed by atoms with E-state index in [1.165, 1.54) is 0 Å². The number of amides is 3. The van der Waals surface area contributed by atoms with Crippen LogP contribution < -0.4 is 10.2 Å². The zero-order chi connectivity index (χ0) is 21.9. The van der Waals surface area contributed by atoms with Crippen LogP contribution in [0, 0.1) is 0 Å². The van der Waals surface area contributed by atoms with Crippen LogP contribution in [-0.2, 0) is 4.74 Å². The number of nitrogens with one attached hydrogen (secondary N) is 2. The standard InChI is InChI=1S/C22H25N7O3/c30-21(16-1-3-18-19(13-16)25-15-24-18)28-5-7-29(8-6-28)22(31)26-17-2-4-20(23-14-17)27-9-11-32-12-10-27/h1-4,13-15H,5-12H2,(H,24,25)(H,26,31). The third-order valence-electron chi connectivity index (χ3n) is 5.86. The quantitative estimate of drug-likeness (QED) is 0.650. The molecule has 2 N–H and O–H groups in total. The fourth-order valence-corrected chi connectivity index (χ4v) is 4.01. The van der Waals surface area contributed by atoms with Crippen molar-refractivity contribution in [2.24, 2.45) is 0 Å². The number of piperazine rings is 1. The van der Waals surface area contributed by atoms with Crippen LogP contribution >= 0.6 is 0 Å². The van der Waals surface area contributed by atoms with Gasteiger partial charge >= 0.3 is 6.03 Å². The molecule has 0 bridgehead atoms. The molecule has 0 saturated carbocycles. The molecule has 0 unspecified atom stereocenters. The van der Waals surface area contributed by atoms with Crippen LogP contribution in [0.5, 0.6) is 0 Å². The highest BCUT2D eigenvalue weighted by molar-refractivity contribution is 5.97. The Kier molecular flexibility index (Phi) is 5.59.